The summed E-state index contributed by atoms with van der Waals surface area (Å²) in [6.07, 6.45) is 7.34. The topological polar surface area (TPSA) is 20.3 Å². The number of allylic oxidation sites excluding steroid dienone is 2. The minimum Gasteiger partial charge on any atom is -0.287 e. The fourth-order valence-electron chi connectivity index (χ4n) is 5.12. The molecule has 3 heteroatoms. The predicted octanol–water partition coefficient (Wildman–Crippen LogP) is 2.75. The molecule has 3 aliphatic carbocycles. The van der Waals surface area contributed by atoms with E-state index in [1.807, 2.05) is 18.2 Å². The van der Waals surface area contributed by atoms with Crippen LogP contribution in [-0.2, 0) is 11.0 Å². The van der Waals surface area contributed by atoms with Gasteiger partial charge in [0, 0.05) is 5.69 Å². The molecular weight excluding hydrogens is 254 g/mol. The smallest absolute Gasteiger partial charge is 0.125 e. The van der Waals surface area contributed by atoms with Crippen molar-refractivity contribution in [3.63, 3.8) is 0 Å². The molecule has 19 heavy (non-hydrogen) atoms. The molecule has 1 aliphatic heterocycles. The summed E-state index contributed by atoms with van der Waals surface area (Å²) in [5.74, 6) is 3.05. The Balaban J connectivity index is 1.53. The van der Waals surface area contributed by atoms with Gasteiger partial charge in [0.1, 0.15) is 11.0 Å². The SMILES string of the molecule is O=S1C2C3CC(C4C=CCC43)C2N1c1ccccc1. The summed E-state index contributed by atoms with van der Waals surface area (Å²) in [6.45, 7) is 0. The summed E-state index contributed by atoms with van der Waals surface area (Å²) in [5.41, 5.74) is 1.15. The summed E-state index contributed by atoms with van der Waals surface area (Å²) < 4.78 is 14.8. The van der Waals surface area contributed by atoms with Gasteiger partial charge in [0.15, 0.2) is 0 Å². The monoisotopic (exact) mass is 271 g/mol. The second-order valence-electron chi connectivity index (χ2n) is 6.36. The molecule has 1 aromatic rings. The quantitative estimate of drug-likeness (QED) is 0.719. The molecule has 7 atom stereocenters. The van der Waals surface area contributed by atoms with Crippen molar-refractivity contribution in [3.8, 4) is 0 Å². The van der Waals surface area contributed by atoms with Crippen LogP contribution in [-0.4, -0.2) is 15.5 Å². The van der Waals surface area contributed by atoms with Crippen molar-refractivity contribution in [3.05, 3.63) is 42.5 Å². The zero-order valence-corrected chi connectivity index (χ0v) is 11.5. The summed E-state index contributed by atoms with van der Waals surface area (Å²) in [6, 6.07) is 10.9. The fourth-order valence-corrected chi connectivity index (χ4v) is 7.22. The van der Waals surface area contributed by atoms with Gasteiger partial charge in [-0.05, 0) is 48.6 Å². The van der Waals surface area contributed by atoms with Crippen LogP contribution in [0.4, 0.5) is 5.69 Å². The highest BCUT2D eigenvalue weighted by Gasteiger charge is 2.67. The first-order valence-corrected chi connectivity index (χ1v) is 8.45. The van der Waals surface area contributed by atoms with Gasteiger partial charge >= 0.3 is 0 Å². The number of fused-ring (bicyclic) bond motifs is 8. The summed E-state index contributed by atoms with van der Waals surface area (Å²) in [7, 11) is -0.790. The lowest BCUT2D eigenvalue weighted by molar-refractivity contribution is 0.249. The normalized spacial score (nSPS) is 49.1. The van der Waals surface area contributed by atoms with E-state index in [9.17, 15) is 4.21 Å². The van der Waals surface area contributed by atoms with Crippen LogP contribution >= 0.6 is 0 Å². The Hall–Kier alpha value is -1.09. The van der Waals surface area contributed by atoms with E-state index in [1.165, 1.54) is 12.8 Å². The Morgan fingerprint density at radius 3 is 2.79 bits per heavy atom. The Labute approximate surface area is 116 Å². The lowest BCUT2D eigenvalue weighted by atomic mass is 9.78. The van der Waals surface area contributed by atoms with Crippen molar-refractivity contribution >= 4 is 16.7 Å². The number of hydrogen-bond acceptors (Lipinski definition) is 1. The zero-order valence-electron chi connectivity index (χ0n) is 10.7. The van der Waals surface area contributed by atoms with E-state index in [0.717, 1.165) is 29.4 Å². The van der Waals surface area contributed by atoms with Crippen molar-refractivity contribution in [2.24, 2.45) is 23.7 Å². The van der Waals surface area contributed by atoms with Crippen molar-refractivity contribution in [2.75, 3.05) is 4.31 Å². The molecule has 1 aromatic carbocycles. The van der Waals surface area contributed by atoms with E-state index in [1.54, 1.807) is 0 Å². The molecule has 4 aliphatic rings. The Morgan fingerprint density at radius 2 is 1.95 bits per heavy atom. The Kier molecular flexibility index (Phi) is 1.97. The molecule has 2 saturated carbocycles. The van der Waals surface area contributed by atoms with Gasteiger partial charge in [0.05, 0.1) is 11.3 Å². The number of para-hydroxylation sites is 1. The summed E-state index contributed by atoms with van der Waals surface area (Å²) >= 11 is 0. The minimum absolute atomic E-state index is 0.450. The maximum Gasteiger partial charge on any atom is 0.125 e. The third-order valence-electron chi connectivity index (χ3n) is 5.76. The lowest BCUT2D eigenvalue weighted by Crippen LogP contribution is -2.65. The highest BCUT2D eigenvalue weighted by molar-refractivity contribution is 7.88. The molecule has 5 rings (SSSR count). The maximum absolute atomic E-state index is 12.6. The van der Waals surface area contributed by atoms with Crippen LogP contribution in [0.25, 0.3) is 0 Å². The van der Waals surface area contributed by atoms with Crippen LogP contribution in [0.5, 0.6) is 0 Å². The standard InChI is InChI=1S/C16H17NOS/c18-19-16-14-9-13(11-7-4-8-12(11)14)15(16)17(19)10-5-2-1-3-6-10/h1-7,11-16H,8-9H2. The molecule has 0 N–H and O–H groups in total. The Morgan fingerprint density at radius 1 is 1.11 bits per heavy atom. The average Bonchev–Trinajstić information content (AvgIpc) is 3.08. The summed E-state index contributed by atoms with van der Waals surface area (Å²) in [4.78, 5) is 0. The first-order chi connectivity index (χ1) is 9.36. The fraction of sp³-hybridized carbons (Fsp3) is 0.500. The number of nitrogens with zero attached hydrogens (tertiary/aromatic N) is 1. The van der Waals surface area contributed by atoms with Gasteiger partial charge in [-0.2, -0.15) is 0 Å². The largest absolute Gasteiger partial charge is 0.287 e. The molecule has 0 spiro atoms. The van der Waals surface area contributed by atoms with E-state index < -0.39 is 11.0 Å². The second kappa shape index (κ2) is 3.51. The van der Waals surface area contributed by atoms with Crippen LogP contribution in [0.15, 0.2) is 42.5 Å². The number of hydrogen-bond donors (Lipinski definition) is 0. The van der Waals surface area contributed by atoms with Gasteiger partial charge < -0.3 is 0 Å². The first kappa shape index (κ1) is 10.7. The minimum atomic E-state index is -0.790. The molecule has 3 fully saturated rings. The average molecular weight is 271 g/mol. The predicted molar refractivity (Wildman–Crippen MR) is 77.0 cm³/mol. The van der Waals surface area contributed by atoms with Gasteiger partial charge in [-0.25, -0.2) is 4.21 Å². The van der Waals surface area contributed by atoms with E-state index in [2.05, 4.69) is 28.6 Å². The van der Waals surface area contributed by atoms with Crippen molar-refractivity contribution in [2.45, 2.75) is 24.1 Å². The number of rotatable bonds is 1. The molecule has 0 radical (unpaired) electrons. The van der Waals surface area contributed by atoms with E-state index in [0.29, 0.717) is 11.3 Å². The van der Waals surface area contributed by atoms with Crippen LogP contribution in [0, 0.1) is 23.7 Å². The zero-order chi connectivity index (χ0) is 12.6. The Bertz CT molecular complexity index is 584. The molecule has 2 bridgehead atoms. The van der Waals surface area contributed by atoms with Crippen LogP contribution in [0.2, 0.25) is 0 Å². The molecule has 0 aromatic heterocycles. The molecule has 2 nitrogen and oxygen atoms in total. The van der Waals surface area contributed by atoms with Gasteiger partial charge in [-0.3, -0.25) is 4.31 Å². The van der Waals surface area contributed by atoms with Crippen LogP contribution < -0.4 is 4.31 Å². The van der Waals surface area contributed by atoms with Crippen LogP contribution in [0.3, 0.4) is 0 Å². The van der Waals surface area contributed by atoms with Gasteiger partial charge in [-0.1, -0.05) is 30.4 Å². The van der Waals surface area contributed by atoms with E-state index in [4.69, 9.17) is 0 Å². The van der Waals surface area contributed by atoms with Crippen molar-refractivity contribution in [1.29, 1.82) is 0 Å². The van der Waals surface area contributed by atoms with Crippen LogP contribution in [0.1, 0.15) is 12.8 Å². The molecule has 0 amide bonds. The highest BCUT2D eigenvalue weighted by Crippen LogP contribution is 2.63. The third-order valence-corrected chi connectivity index (χ3v) is 7.69. The molecule has 1 saturated heterocycles. The van der Waals surface area contributed by atoms with Gasteiger partial charge in [0.2, 0.25) is 0 Å². The molecular formula is C16H17NOS. The third kappa shape index (κ3) is 1.16. The first-order valence-electron chi connectivity index (χ1n) is 7.28. The number of benzene rings is 1. The highest BCUT2D eigenvalue weighted by atomic mass is 32.2. The van der Waals surface area contributed by atoms with Crippen molar-refractivity contribution < 1.29 is 4.21 Å². The maximum atomic E-state index is 12.6. The van der Waals surface area contributed by atoms with E-state index in [-0.39, 0.29) is 0 Å². The van der Waals surface area contributed by atoms with Gasteiger partial charge in [0.25, 0.3) is 0 Å². The molecule has 98 valence electrons. The molecule has 1 heterocycles. The van der Waals surface area contributed by atoms with E-state index >= 15 is 0 Å². The van der Waals surface area contributed by atoms with Crippen molar-refractivity contribution in [1.82, 2.24) is 0 Å². The number of anilines is 1. The van der Waals surface area contributed by atoms with Gasteiger partial charge in [-0.15, -0.1) is 0 Å². The molecule has 7 unspecified atom stereocenters. The summed E-state index contributed by atoms with van der Waals surface area (Å²) in [5, 5.41) is 0.450. The second-order valence-corrected chi connectivity index (χ2v) is 7.85. The lowest BCUT2D eigenvalue weighted by Gasteiger charge is -2.52.